The van der Waals surface area contributed by atoms with Crippen molar-refractivity contribution >= 4 is 11.9 Å². The van der Waals surface area contributed by atoms with E-state index in [0.717, 1.165) is 0 Å². The highest BCUT2D eigenvalue weighted by molar-refractivity contribution is 5.96. The van der Waals surface area contributed by atoms with Gasteiger partial charge in [-0.1, -0.05) is 20.8 Å². The Morgan fingerprint density at radius 1 is 1.46 bits per heavy atom. The Morgan fingerprint density at radius 2 is 2.15 bits per heavy atom. The van der Waals surface area contributed by atoms with Gasteiger partial charge in [0.15, 0.2) is 5.78 Å². The smallest absolute Gasteiger partial charge is 0.161 e. The standard InChI is InChI=1S/C11H14O2/c1-11(2,3)10(12)7-6-9-5-4-8-13-9/h4-8H,1-3H3. The maximum Gasteiger partial charge on any atom is 0.161 e. The average molecular weight is 178 g/mol. The molecule has 2 nitrogen and oxygen atoms in total. The van der Waals surface area contributed by atoms with Gasteiger partial charge in [0, 0.05) is 5.41 Å². The molecule has 0 amide bonds. The monoisotopic (exact) mass is 178 g/mol. The van der Waals surface area contributed by atoms with Gasteiger partial charge in [-0.2, -0.15) is 0 Å². The second kappa shape index (κ2) is 3.60. The minimum Gasteiger partial charge on any atom is -0.465 e. The van der Waals surface area contributed by atoms with Gasteiger partial charge in [0.2, 0.25) is 0 Å². The van der Waals surface area contributed by atoms with Gasteiger partial charge in [-0.25, -0.2) is 0 Å². The van der Waals surface area contributed by atoms with E-state index in [0.29, 0.717) is 5.76 Å². The van der Waals surface area contributed by atoms with Crippen molar-refractivity contribution in [2.75, 3.05) is 0 Å². The average Bonchev–Trinajstić information content (AvgIpc) is 2.50. The summed E-state index contributed by atoms with van der Waals surface area (Å²) in [5.41, 5.74) is -0.316. The van der Waals surface area contributed by atoms with Crippen LogP contribution in [-0.4, -0.2) is 5.78 Å². The molecule has 0 N–H and O–H groups in total. The van der Waals surface area contributed by atoms with E-state index in [1.807, 2.05) is 26.8 Å². The van der Waals surface area contributed by atoms with E-state index in [4.69, 9.17) is 4.42 Å². The molecular formula is C11H14O2. The SMILES string of the molecule is CC(C)(C)C(=O)C=Cc1ccco1. The minimum atomic E-state index is -0.316. The number of hydrogen-bond acceptors (Lipinski definition) is 2. The third kappa shape index (κ3) is 2.90. The lowest BCUT2D eigenvalue weighted by Crippen LogP contribution is -2.17. The number of furan rings is 1. The molecule has 1 heterocycles. The van der Waals surface area contributed by atoms with Crippen LogP contribution in [0.5, 0.6) is 0 Å². The lowest BCUT2D eigenvalue weighted by molar-refractivity contribution is -0.121. The lowest BCUT2D eigenvalue weighted by Gasteiger charge is -2.12. The van der Waals surface area contributed by atoms with Crippen LogP contribution in [0.25, 0.3) is 6.08 Å². The Bertz CT molecular complexity index is 299. The van der Waals surface area contributed by atoms with Crippen molar-refractivity contribution in [2.45, 2.75) is 20.8 Å². The highest BCUT2D eigenvalue weighted by Gasteiger charge is 2.17. The van der Waals surface area contributed by atoms with Gasteiger partial charge in [0.1, 0.15) is 5.76 Å². The lowest BCUT2D eigenvalue weighted by atomic mass is 9.90. The number of carbonyl (C=O) groups excluding carboxylic acids is 1. The highest BCUT2D eigenvalue weighted by Crippen LogP contribution is 2.16. The first kappa shape index (κ1) is 9.78. The Morgan fingerprint density at radius 3 is 2.62 bits per heavy atom. The molecule has 2 heteroatoms. The molecule has 0 aliphatic heterocycles. The molecule has 0 aliphatic rings. The normalized spacial score (nSPS) is 12.2. The van der Waals surface area contributed by atoms with Crippen molar-refractivity contribution in [1.82, 2.24) is 0 Å². The Labute approximate surface area is 78.3 Å². The summed E-state index contributed by atoms with van der Waals surface area (Å²) in [6.07, 6.45) is 4.83. The van der Waals surface area contributed by atoms with Gasteiger partial charge >= 0.3 is 0 Å². The zero-order valence-corrected chi connectivity index (χ0v) is 8.20. The third-order valence-electron chi connectivity index (χ3n) is 1.68. The van der Waals surface area contributed by atoms with Gasteiger partial charge in [0.05, 0.1) is 6.26 Å². The van der Waals surface area contributed by atoms with Crippen molar-refractivity contribution < 1.29 is 9.21 Å². The van der Waals surface area contributed by atoms with E-state index in [1.54, 1.807) is 24.5 Å². The topological polar surface area (TPSA) is 30.2 Å². The zero-order valence-electron chi connectivity index (χ0n) is 8.20. The largest absolute Gasteiger partial charge is 0.465 e. The summed E-state index contributed by atoms with van der Waals surface area (Å²) in [4.78, 5) is 11.4. The molecule has 70 valence electrons. The molecule has 0 saturated heterocycles. The van der Waals surface area contributed by atoms with E-state index in [-0.39, 0.29) is 11.2 Å². The number of ketones is 1. The second-order valence-corrected chi connectivity index (χ2v) is 3.96. The van der Waals surface area contributed by atoms with Crippen LogP contribution in [0.15, 0.2) is 28.9 Å². The van der Waals surface area contributed by atoms with Crippen LogP contribution in [0, 0.1) is 5.41 Å². The summed E-state index contributed by atoms with van der Waals surface area (Å²) in [6.45, 7) is 5.67. The molecule has 0 aliphatic carbocycles. The molecule has 0 radical (unpaired) electrons. The van der Waals surface area contributed by atoms with Crippen LogP contribution in [0.4, 0.5) is 0 Å². The van der Waals surface area contributed by atoms with Crippen LogP contribution < -0.4 is 0 Å². The molecular weight excluding hydrogens is 164 g/mol. The summed E-state index contributed by atoms with van der Waals surface area (Å²) in [6, 6.07) is 3.60. The highest BCUT2D eigenvalue weighted by atomic mass is 16.3. The van der Waals surface area contributed by atoms with Crippen LogP contribution in [0.2, 0.25) is 0 Å². The van der Waals surface area contributed by atoms with Crippen molar-refractivity contribution in [3.63, 3.8) is 0 Å². The van der Waals surface area contributed by atoms with E-state index in [9.17, 15) is 4.79 Å². The summed E-state index contributed by atoms with van der Waals surface area (Å²) in [7, 11) is 0. The van der Waals surface area contributed by atoms with Crippen molar-refractivity contribution in [3.8, 4) is 0 Å². The number of allylic oxidation sites excluding steroid dienone is 1. The first-order valence-corrected chi connectivity index (χ1v) is 4.26. The molecule has 0 fully saturated rings. The Kier molecular flexibility index (Phi) is 2.71. The van der Waals surface area contributed by atoms with Gasteiger partial charge in [-0.05, 0) is 24.3 Å². The second-order valence-electron chi connectivity index (χ2n) is 3.96. The molecule has 0 saturated carbocycles. The molecule has 1 rings (SSSR count). The molecule has 13 heavy (non-hydrogen) atoms. The fourth-order valence-corrected chi connectivity index (χ4v) is 0.794. The Balaban J connectivity index is 2.65. The predicted molar refractivity (Wildman–Crippen MR) is 52.2 cm³/mol. The summed E-state index contributed by atoms with van der Waals surface area (Å²) in [5, 5.41) is 0. The van der Waals surface area contributed by atoms with Gasteiger partial charge in [-0.3, -0.25) is 4.79 Å². The molecule has 0 unspecified atom stereocenters. The maximum atomic E-state index is 11.4. The van der Waals surface area contributed by atoms with Gasteiger partial charge in [0.25, 0.3) is 0 Å². The summed E-state index contributed by atoms with van der Waals surface area (Å²) < 4.78 is 5.06. The minimum absolute atomic E-state index is 0.101. The molecule has 1 aromatic rings. The fraction of sp³-hybridized carbons (Fsp3) is 0.364. The van der Waals surface area contributed by atoms with Crippen molar-refractivity contribution in [3.05, 3.63) is 30.2 Å². The van der Waals surface area contributed by atoms with Crippen LogP contribution in [0.3, 0.4) is 0 Å². The molecule has 0 atom stereocenters. The third-order valence-corrected chi connectivity index (χ3v) is 1.68. The van der Waals surface area contributed by atoms with E-state index in [1.165, 1.54) is 0 Å². The van der Waals surface area contributed by atoms with Crippen molar-refractivity contribution in [2.24, 2.45) is 5.41 Å². The molecule has 0 spiro atoms. The predicted octanol–water partition coefficient (Wildman–Crippen LogP) is 2.91. The Hall–Kier alpha value is -1.31. The maximum absolute atomic E-state index is 11.4. The van der Waals surface area contributed by atoms with Gasteiger partial charge < -0.3 is 4.42 Å². The summed E-state index contributed by atoms with van der Waals surface area (Å²) >= 11 is 0. The van der Waals surface area contributed by atoms with E-state index < -0.39 is 0 Å². The molecule has 1 aromatic heterocycles. The first-order valence-electron chi connectivity index (χ1n) is 4.26. The number of hydrogen-bond donors (Lipinski definition) is 0. The molecule has 0 bridgehead atoms. The van der Waals surface area contributed by atoms with Gasteiger partial charge in [-0.15, -0.1) is 0 Å². The van der Waals surface area contributed by atoms with E-state index in [2.05, 4.69) is 0 Å². The van der Waals surface area contributed by atoms with Crippen LogP contribution >= 0.6 is 0 Å². The summed E-state index contributed by atoms with van der Waals surface area (Å²) in [5.74, 6) is 0.807. The number of rotatable bonds is 2. The first-order chi connectivity index (χ1) is 6.00. The zero-order chi connectivity index (χ0) is 9.90. The van der Waals surface area contributed by atoms with Crippen LogP contribution in [-0.2, 0) is 4.79 Å². The molecule has 0 aromatic carbocycles. The fourth-order valence-electron chi connectivity index (χ4n) is 0.794. The quantitative estimate of drug-likeness (QED) is 0.652. The number of carbonyl (C=O) groups is 1. The van der Waals surface area contributed by atoms with Crippen LogP contribution in [0.1, 0.15) is 26.5 Å². The van der Waals surface area contributed by atoms with Crippen molar-refractivity contribution in [1.29, 1.82) is 0 Å². The van der Waals surface area contributed by atoms with E-state index >= 15 is 0 Å².